The van der Waals surface area contributed by atoms with Gasteiger partial charge in [-0.15, -0.1) is 0 Å². The van der Waals surface area contributed by atoms with Gasteiger partial charge in [-0.1, -0.05) is 12.1 Å². The molecule has 16 heavy (non-hydrogen) atoms. The van der Waals surface area contributed by atoms with Crippen LogP contribution in [0.15, 0.2) is 24.3 Å². The topological polar surface area (TPSA) is 57.6 Å². The highest BCUT2D eigenvalue weighted by Gasteiger charge is 2.36. The van der Waals surface area contributed by atoms with Crippen molar-refractivity contribution < 1.29 is 14.7 Å². The fourth-order valence-electron chi connectivity index (χ4n) is 1.94. The van der Waals surface area contributed by atoms with Crippen molar-refractivity contribution in [2.45, 2.75) is 6.42 Å². The number of hydrogen-bond donors (Lipinski definition) is 1. The third-order valence-electron chi connectivity index (χ3n) is 2.91. The molecule has 0 aliphatic carbocycles. The summed E-state index contributed by atoms with van der Waals surface area (Å²) in [6.07, 6.45) is 0.530. The minimum Gasteiger partial charge on any atom is -0.507 e. The number of phenols is 1. The average Bonchev–Trinajstić information content (AvgIpc) is 2.60. The third-order valence-corrected chi connectivity index (χ3v) is 2.91. The molecular weight excluding hydrogens is 206 g/mol. The van der Waals surface area contributed by atoms with Crippen LogP contribution in [0.3, 0.4) is 0 Å². The molecule has 1 aliphatic rings. The molecule has 84 valence electrons. The molecule has 0 saturated carbocycles. The van der Waals surface area contributed by atoms with Crippen LogP contribution < -0.4 is 0 Å². The van der Waals surface area contributed by atoms with Crippen LogP contribution in [0.2, 0.25) is 0 Å². The number of carbonyl (C=O) groups is 2. The van der Waals surface area contributed by atoms with E-state index in [1.807, 2.05) is 0 Å². The van der Waals surface area contributed by atoms with Gasteiger partial charge in [0.1, 0.15) is 11.7 Å². The van der Waals surface area contributed by atoms with Crippen LogP contribution in [0.5, 0.6) is 5.75 Å². The molecular formula is C12H13NO3. The first-order valence-electron chi connectivity index (χ1n) is 5.18. The van der Waals surface area contributed by atoms with E-state index in [2.05, 4.69) is 0 Å². The van der Waals surface area contributed by atoms with Crippen molar-refractivity contribution >= 4 is 11.7 Å². The number of nitrogens with zero attached hydrogens (tertiary/aromatic N) is 1. The lowest BCUT2D eigenvalue weighted by atomic mass is 9.96. The number of benzene rings is 1. The minimum atomic E-state index is -0.627. The lowest BCUT2D eigenvalue weighted by molar-refractivity contribution is -0.128. The van der Waals surface area contributed by atoms with Crippen LogP contribution in [0.1, 0.15) is 16.8 Å². The SMILES string of the molecule is CN1CCC(C(=O)c2ccccc2O)C1=O. The summed E-state index contributed by atoms with van der Waals surface area (Å²) in [7, 11) is 1.68. The molecule has 1 atom stereocenters. The van der Waals surface area contributed by atoms with Gasteiger partial charge in [0.2, 0.25) is 5.91 Å². The quantitative estimate of drug-likeness (QED) is 0.597. The van der Waals surface area contributed by atoms with E-state index in [0.29, 0.717) is 13.0 Å². The number of amides is 1. The minimum absolute atomic E-state index is 0.0603. The highest BCUT2D eigenvalue weighted by atomic mass is 16.3. The summed E-state index contributed by atoms with van der Waals surface area (Å²) in [5, 5.41) is 9.55. The molecule has 1 aromatic carbocycles. The Hall–Kier alpha value is -1.84. The second kappa shape index (κ2) is 3.96. The first-order valence-corrected chi connectivity index (χ1v) is 5.18. The Morgan fingerprint density at radius 2 is 2.12 bits per heavy atom. The highest BCUT2D eigenvalue weighted by molar-refractivity contribution is 6.12. The lowest BCUT2D eigenvalue weighted by Crippen LogP contribution is -2.27. The van der Waals surface area contributed by atoms with Crippen LogP contribution in [0.25, 0.3) is 0 Å². The summed E-state index contributed by atoms with van der Waals surface area (Å²) in [5.74, 6) is -1.13. The Bertz CT molecular complexity index is 442. The fourth-order valence-corrected chi connectivity index (χ4v) is 1.94. The molecule has 1 aromatic rings. The predicted molar refractivity (Wildman–Crippen MR) is 58.2 cm³/mol. The Balaban J connectivity index is 2.27. The van der Waals surface area contributed by atoms with Crippen LogP contribution >= 0.6 is 0 Å². The summed E-state index contributed by atoms with van der Waals surface area (Å²) >= 11 is 0. The maximum Gasteiger partial charge on any atom is 0.233 e. The van der Waals surface area contributed by atoms with E-state index < -0.39 is 5.92 Å². The normalized spacial score (nSPS) is 20.2. The Labute approximate surface area is 93.5 Å². The molecule has 1 heterocycles. The number of likely N-dealkylation sites (tertiary alicyclic amines) is 1. The van der Waals surface area contributed by atoms with Crippen LogP contribution in [0, 0.1) is 5.92 Å². The van der Waals surface area contributed by atoms with Gasteiger partial charge in [-0.05, 0) is 18.6 Å². The zero-order valence-electron chi connectivity index (χ0n) is 9.01. The molecule has 0 spiro atoms. The number of aromatic hydroxyl groups is 1. The van der Waals surface area contributed by atoms with Gasteiger partial charge >= 0.3 is 0 Å². The van der Waals surface area contributed by atoms with Gasteiger partial charge in [0, 0.05) is 13.6 Å². The molecule has 4 heteroatoms. The van der Waals surface area contributed by atoms with Crippen molar-refractivity contribution in [2.24, 2.45) is 5.92 Å². The van der Waals surface area contributed by atoms with Crippen molar-refractivity contribution in [2.75, 3.05) is 13.6 Å². The van der Waals surface area contributed by atoms with Gasteiger partial charge < -0.3 is 10.0 Å². The van der Waals surface area contributed by atoms with Gasteiger partial charge in [-0.25, -0.2) is 0 Å². The molecule has 0 aromatic heterocycles. The molecule has 1 unspecified atom stereocenters. The van der Waals surface area contributed by atoms with E-state index in [1.165, 1.54) is 6.07 Å². The number of carbonyl (C=O) groups excluding carboxylic acids is 2. The largest absolute Gasteiger partial charge is 0.507 e. The van der Waals surface area contributed by atoms with Gasteiger partial charge in [-0.2, -0.15) is 0 Å². The molecule has 1 amide bonds. The second-order valence-electron chi connectivity index (χ2n) is 3.98. The summed E-state index contributed by atoms with van der Waals surface area (Å²) in [4.78, 5) is 25.2. The average molecular weight is 219 g/mol. The van der Waals surface area contributed by atoms with Gasteiger partial charge in [0.15, 0.2) is 5.78 Å². The van der Waals surface area contributed by atoms with Crippen LogP contribution in [-0.4, -0.2) is 35.3 Å². The molecule has 0 radical (unpaired) electrons. The summed E-state index contributed by atoms with van der Waals surface area (Å²) in [6.45, 7) is 0.600. The van der Waals surface area contributed by atoms with E-state index in [0.717, 1.165) is 0 Å². The van der Waals surface area contributed by atoms with E-state index in [9.17, 15) is 14.7 Å². The Morgan fingerprint density at radius 1 is 1.44 bits per heavy atom. The van der Waals surface area contributed by atoms with Crippen molar-refractivity contribution in [1.29, 1.82) is 0 Å². The summed E-state index contributed by atoms with van der Waals surface area (Å²) in [6, 6.07) is 6.32. The first kappa shape index (κ1) is 10.7. The van der Waals surface area contributed by atoms with Crippen LogP contribution in [0.4, 0.5) is 0 Å². The van der Waals surface area contributed by atoms with Crippen molar-refractivity contribution in [3.05, 3.63) is 29.8 Å². The van der Waals surface area contributed by atoms with Gasteiger partial charge in [0.25, 0.3) is 0 Å². The maximum absolute atomic E-state index is 12.0. The van der Waals surface area contributed by atoms with Crippen LogP contribution in [-0.2, 0) is 4.79 Å². The molecule has 0 bridgehead atoms. The highest BCUT2D eigenvalue weighted by Crippen LogP contribution is 2.25. The molecule has 1 aliphatic heterocycles. The standard InChI is InChI=1S/C12H13NO3/c1-13-7-6-9(12(13)16)11(15)8-4-2-3-5-10(8)14/h2-5,9,14H,6-7H2,1H3. The number of rotatable bonds is 2. The lowest BCUT2D eigenvalue weighted by Gasteiger charge is -2.10. The second-order valence-corrected chi connectivity index (χ2v) is 3.98. The first-order chi connectivity index (χ1) is 7.61. The molecule has 4 nitrogen and oxygen atoms in total. The van der Waals surface area contributed by atoms with Gasteiger partial charge in [-0.3, -0.25) is 9.59 Å². The maximum atomic E-state index is 12.0. The molecule has 2 rings (SSSR count). The number of phenolic OH excluding ortho intramolecular Hbond substituents is 1. The number of para-hydroxylation sites is 1. The zero-order chi connectivity index (χ0) is 11.7. The van der Waals surface area contributed by atoms with E-state index in [1.54, 1.807) is 30.1 Å². The van der Waals surface area contributed by atoms with Crippen molar-refractivity contribution in [1.82, 2.24) is 4.90 Å². The molecule has 1 saturated heterocycles. The number of Topliss-reactive ketones (excluding diaryl/α,β-unsaturated/α-hetero) is 1. The molecule has 1 N–H and O–H groups in total. The van der Waals surface area contributed by atoms with E-state index >= 15 is 0 Å². The third kappa shape index (κ3) is 1.66. The Kier molecular flexibility index (Phi) is 2.64. The Morgan fingerprint density at radius 3 is 2.69 bits per heavy atom. The monoisotopic (exact) mass is 219 g/mol. The fraction of sp³-hybridized carbons (Fsp3) is 0.333. The number of hydrogen-bond acceptors (Lipinski definition) is 3. The smallest absolute Gasteiger partial charge is 0.233 e. The molecule has 1 fully saturated rings. The summed E-state index contributed by atoms with van der Waals surface area (Å²) < 4.78 is 0. The predicted octanol–water partition coefficient (Wildman–Crippen LogP) is 1.05. The van der Waals surface area contributed by atoms with E-state index in [4.69, 9.17) is 0 Å². The van der Waals surface area contributed by atoms with Crippen molar-refractivity contribution in [3.63, 3.8) is 0 Å². The van der Waals surface area contributed by atoms with E-state index in [-0.39, 0.29) is 23.0 Å². The number of ketones is 1. The zero-order valence-corrected chi connectivity index (χ0v) is 9.01. The summed E-state index contributed by atoms with van der Waals surface area (Å²) in [5.41, 5.74) is 0.233. The van der Waals surface area contributed by atoms with Crippen molar-refractivity contribution in [3.8, 4) is 5.75 Å². The van der Waals surface area contributed by atoms with Gasteiger partial charge in [0.05, 0.1) is 5.56 Å².